The summed E-state index contributed by atoms with van der Waals surface area (Å²) in [5, 5.41) is 2.90. The third-order valence-corrected chi connectivity index (χ3v) is 3.29. The highest BCUT2D eigenvalue weighted by atomic mass is 19.4. The zero-order valence-corrected chi connectivity index (χ0v) is 10.6. The van der Waals surface area contributed by atoms with Gasteiger partial charge < -0.3 is 5.32 Å². The average molecular weight is 303 g/mol. The first-order valence-electron chi connectivity index (χ1n) is 6.22. The van der Waals surface area contributed by atoms with Gasteiger partial charge in [-0.2, -0.15) is 13.2 Å². The highest BCUT2D eigenvalue weighted by Gasteiger charge is 2.40. The number of nitrogens with one attached hydrogen (secondary N) is 1. The van der Waals surface area contributed by atoms with Crippen molar-refractivity contribution in [2.45, 2.75) is 19.1 Å². The molecular formula is C13H10F5N3. The first-order valence-corrected chi connectivity index (χ1v) is 6.22. The second kappa shape index (κ2) is 4.80. The van der Waals surface area contributed by atoms with E-state index in [0.29, 0.717) is 11.1 Å². The largest absolute Gasteiger partial charge is 0.450 e. The highest BCUT2D eigenvalue weighted by molar-refractivity contribution is 5.40. The predicted molar refractivity (Wildman–Crippen MR) is 63.9 cm³/mol. The number of fused-ring (bicyclic) bond motifs is 1. The van der Waals surface area contributed by atoms with Crippen molar-refractivity contribution in [3.05, 3.63) is 47.0 Å². The van der Waals surface area contributed by atoms with Gasteiger partial charge in [0.15, 0.2) is 0 Å². The molecule has 112 valence electrons. The van der Waals surface area contributed by atoms with Gasteiger partial charge in [-0.05, 0) is 12.1 Å². The van der Waals surface area contributed by atoms with Crippen molar-refractivity contribution in [2.75, 3.05) is 6.54 Å². The Hall–Kier alpha value is -1.96. The lowest BCUT2D eigenvalue weighted by Crippen LogP contribution is -2.25. The van der Waals surface area contributed by atoms with Gasteiger partial charge in [0, 0.05) is 31.3 Å². The minimum Gasteiger partial charge on any atom is -0.311 e. The molecule has 0 radical (unpaired) electrons. The Kier molecular flexibility index (Phi) is 3.20. The SMILES string of the molecule is Fc1ccc(F)c(-n2c(C(F)(F)F)nc3c2CCNC3)c1. The Bertz CT molecular complexity index is 690. The zero-order chi connectivity index (χ0) is 15.2. The van der Waals surface area contributed by atoms with Gasteiger partial charge in [-0.1, -0.05) is 0 Å². The summed E-state index contributed by atoms with van der Waals surface area (Å²) in [6, 6.07) is 2.41. The summed E-state index contributed by atoms with van der Waals surface area (Å²) in [7, 11) is 0. The van der Waals surface area contributed by atoms with Crippen LogP contribution in [-0.4, -0.2) is 16.1 Å². The Morgan fingerprint density at radius 1 is 1.19 bits per heavy atom. The summed E-state index contributed by atoms with van der Waals surface area (Å²) in [6.07, 6.45) is -4.50. The lowest BCUT2D eigenvalue weighted by Gasteiger charge is -2.17. The monoisotopic (exact) mass is 303 g/mol. The van der Waals surface area contributed by atoms with E-state index < -0.39 is 29.3 Å². The van der Waals surface area contributed by atoms with E-state index in [2.05, 4.69) is 10.3 Å². The van der Waals surface area contributed by atoms with Crippen LogP contribution in [0.5, 0.6) is 0 Å². The molecule has 0 aliphatic carbocycles. The number of halogens is 5. The summed E-state index contributed by atoms with van der Waals surface area (Å²) in [6.45, 7) is 0.620. The number of hydrogen-bond donors (Lipinski definition) is 1. The molecule has 1 aliphatic rings. The molecule has 2 aromatic rings. The van der Waals surface area contributed by atoms with E-state index in [-0.39, 0.29) is 24.4 Å². The quantitative estimate of drug-likeness (QED) is 0.821. The molecule has 1 aliphatic heterocycles. The molecule has 0 saturated carbocycles. The summed E-state index contributed by atoms with van der Waals surface area (Å²) in [5.74, 6) is -2.97. The Morgan fingerprint density at radius 2 is 1.95 bits per heavy atom. The number of benzene rings is 1. The Balaban J connectivity index is 2.29. The smallest absolute Gasteiger partial charge is 0.311 e. The van der Waals surface area contributed by atoms with Crippen LogP contribution in [-0.2, 0) is 19.1 Å². The molecule has 3 nitrogen and oxygen atoms in total. The van der Waals surface area contributed by atoms with E-state index in [1.54, 1.807) is 0 Å². The number of hydrogen-bond acceptors (Lipinski definition) is 2. The van der Waals surface area contributed by atoms with Gasteiger partial charge in [0.2, 0.25) is 5.82 Å². The van der Waals surface area contributed by atoms with Crippen LogP contribution in [0.25, 0.3) is 5.69 Å². The van der Waals surface area contributed by atoms with E-state index in [9.17, 15) is 22.0 Å². The lowest BCUT2D eigenvalue weighted by atomic mass is 10.1. The summed E-state index contributed by atoms with van der Waals surface area (Å²) in [5.41, 5.74) is -0.0132. The van der Waals surface area contributed by atoms with E-state index in [1.165, 1.54) is 0 Å². The maximum atomic E-state index is 13.9. The van der Waals surface area contributed by atoms with Crippen LogP contribution in [0.2, 0.25) is 0 Å². The van der Waals surface area contributed by atoms with Crippen molar-refractivity contribution >= 4 is 0 Å². The van der Waals surface area contributed by atoms with Crippen LogP contribution >= 0.6 is 0 Å². The van der Waals surface area contributed by atoms with Crippen molar-refractivity contribution in [3.8, 4) is 5.69 Å². The van der Waals surface area contributed by atoms with Crippen LogP contribution in [0.4, 0.5) is 22.0 Å². The number of aromatic nitrogens is 2. The van der Waals surface area contributed by atoms with E-state index >= 15 is 0 Å². The second-order valence-corrected chi connectivity index (χ2v) is 4.68. The first-order chi connectivity index (χ1) is 9.88. The average Bonchev–Trinajstić information content (AvgIpc) is 2.81. The first kappa shape index (κ1) is 14.0. The molecule has 2 heterocycles. The van der Waals surface area contributed by atoms with Crippen molar-refractivity contribution in [3.63, 3.8) is 0 Å². The molecule has 0 saturated heterocycles. The standard InChI is InChI=1S/C13H10F5N3/c14-7-1-2-8(15)11(5-7)21-10-3-4-19-6-9(10)20-12(21)13(16,17)18/h1-2,5,19H,3-4,6H2. The van der Waals surface area contributed by atoms with Crippen molar-refractivity contribution in [2.24, 2.45) is 0 Å². The molecule has 0 bridgehead atoms. The number of imidazole rings is 1. The summed E-state index contributed by atoms with van der Waals surface area (Å²) in [4.78, 5) is 3.56. The fourth-order valence-corrected chi connectivity index (χ4v) is 2.42. The van der Waals surface area contributed by atoms with Crippen LogP contribution in [0.1, 0.15) is 17.2 Å². The number of nitrogens with zero attached hydrogens (tertiary/aromatic N) is 2. The normalized spacial score (nSPS) is 15.1. The fraction of sp³-hybridized carbons (Fsp3) is 0.308. The zero-order valence-electron chi connectivity index (χ0n) is 10.6. The van der Waals surface area contributed by atoms with E-state index in [0.717, 1.165) is 18.2 Å². The number of rotatable bonds is 1. The molecule has 3 rings (SSSR count). The van der Waals surface area contributed by atoms with Crippen molar-refractivity contribution in [1.82, 2.24) is 14.9 Å². The van der Waals surface area contributed by atoms with Crippen LogP contribution < -0.4 is 5.32 Å². The van der Waals surface area contributed by atoms with E-state index in [4.69, 9.17) is 0 Å². The second-order valence-electron chi connectivity index (χ2n) is 4.68. The minimum atomic E-state index is -4.75. The van der Waals surface area contributed by atoms with Crippen LogP contribution in [0, 0.1) is 11.6 Å². The molecule has 0 spiro atoms. The molecule has 1 N–H and O–H groups in total. The summed E-state index contributed by atoms with van der Waals surface area (Å²) < 4.78 is 67.3. The van der Waals surface area contributed by atoms with Gasteiger partial charge in [0.25, 0.3) is 0 Å². The highest BCUT2D eigenvalue weighted by Crippen LogP contribution is 2.34. The van der Waals surface area contributed by atoms with Gasteiger partial charge in [0.1, 0.15) is 11.6 Å². The Labute approximate surface area is 116 Å². The van der Waals surface area contributed by atoms with E-state index in [1.807, 2.05) is 0 Å². The maximum absolute atomic E-state index is 13.9. The van der Waals surface area contributed by atoms with Crippen LogP contribution in [0.15, 0.2) is 18.2 Å². The molecule has 21 heavy (non-hydrogen) atoms. The third-order valence-electron chi connectivity index (χ3n) is 3.29. The van der Waals surface area contributed by atoms with Crippen LogP contribution in [0.3, 0.4) is 0 Å². The number of alkyl halides is 3. The molecule has 1 aromatic carbocycles. The topological polar surface area (TPSA) is 29.9 Å². The molecule has 0 atom stereocenters. The molecule has 0 fully saturated rings. The van der Waals surface area contributed by atoms with Crippen molar-refractivity contribution in [1.29, 1.82) is 0 Å². The molecule has 1 aromatic heterocycles. The molecule has 8 heteroatoms. The molecule has 0 unspecified atom stereocenters. The van der Waals surface area contributed by atoms with Crippen molar-refractivity contribution < 1.29 is 22.0 Å². The lowest BCUT2D eigenvalue weighted by molar-refractivity contribution is -0.146. The van der Waals surface area contributed by atoms with Gasteiger partial charge >= 0.3 is 6.18 Å². The van der Waals surface area contributed by atoms with Gasteiger partial charge in [-0.25, -0.2) is 13.8 Å². The van der Waals surface area contributed by atoms with Gasteiger partial charge in [-0.15, -0.1) is 0 Å². The Morgan fingerprint density at radius 3 is 2.67 bits per heavy atom. The predicted octanol–water partition coefficient (Wildman–Crippen LogP) is 2.82. The fourth-order valence-electron chi connectivity index (χ4n) is 2.42. The molecular weight excluding hydrogens is 293 g/mol. The van der Waals surface area contributed by atoms with Gasteiger partial charge in [-0.3, -0.25) is 4.57 Å². The minimum absolute atomic E-state index is 0.169. The molecule has 0 amide bonds. The maximum Gasteiger partial charge on any atom is 0.450 e. The summed E-state index contributed by atoms with van der Waals surface area (Å²) >= 11 is 0. The van der Waals surface area contributed by atoms with Gasteiger partial charge in [0.05, 0.1) is 11.4 Å². The third kappa shape index (κ3) is 2.39.